The van der Waals surface area contributed by atoms with Crippen molar-refractivity contribution in [1.29, 1.82) is 0 Å². The molecule has 1 aliphatic carbocycles. The van der Waals surface area contributed by atoms with E-state index in [1.54, 1.807) is 42.5 Å². The second-order valence-electron chi connectivity index (χ2n) is 6.88. The number of ether oxygens (including phenoxy) is 1. The van der Waals surface area contributed by atoms with E-state index in [1.807, 2.05) is 6.92 Å². The van der Waals surface area contributed by atoms with E-state index < -0.39 is 11.5 Å². The van der Waals surface area contributed by atoms with Crippen LogP contribution in [-0.4, -0.2) is 16.9 Å². The van der Waals surface area contributed by atoms with Crippen molar-refractivity contribution < 1.29 is 14.5 Å². The van der Waals surface area contributed by atoms with Gasteiger partial charge < -0.3 is 10.1 Å². The van der Waals surface area contributed by atoms with Gasteiger partial charge in [0.1, 0.15) is 17.8 Å². The Bertz CT molecular complexity index is 868. The molecule has 0 heterocycles. The zero-order valence-electron chi connectivity index (χ0n) is 15.3. The van der Waals surface area contributed by atoms with Crippen LogP contribution in [0, 0.1) is 15.5 Å². The molecule has 148 valence electrons. The van der Waals surface area contributed by atoms with Crippen LogP contribution in [0.15, 0.2) is 42.5 Å². The molecule has 8 heteroatoms. The zero-order valence-corrected chi connectivity index (χ0v) is 16.8. The van der Waals surface area contributed by atoms with Crippen molar-refractivity contribution in [2.24, 2.45) is 5.41 Å². The van der Waals surface area contributed by atoms with E-state index >= 15 is 0 Å². The number of hydrogen-bond donors (Lipinski definition) is 1. The van der Waals surface area contributed by atoms with E-state index in [4.69, 9.17) is 27.9 Å². The fraction of sp³-hybridized carbons (Fsp3) is 0.350. The summed E-state index contributed by atoms with van der Waals surface area (Å²) in [6.07, 6.45) is 1.51. The molecule has 3 rings (SSSR count). The maximum Gasteiger partial charge on any atom is 0.237 e. The molecule has 0 saturated heterocycles. The van der Waals surface area contributed by atoms with Crippen LogP contribution in [0.4, 0.5) is 5.69 Å². The van der Waals surface area contributed by atoms with Crippen LogP contribution < -0.4 is 10.1 Å². The lowest BCUT2D eigenvalue weighted by molar-refractivity contribution is -0.501. The van der Waals surface area contributed by atoms with Gasteiger partial charge in [0.05, 0.1) is 0 Å². The van der Waals surface area contributed by atoms with E-state index in [0.29, 0.717) is 39.9 Å². The third kappa shape index (κ3) is 4.23. The molecular weight excluding hydrogens is 403 g/mol. The van der Waals surface area contributed by atoms with Gasteiger partial charge in [-0.1, -0.05) is 42.6 Å². The maximum atomic E-state index is 12.6. The number of halogens is 2. The van der Waals surface area contributed by atoms with E-state index in [2.05, 4.69) is 5.32 Å². The quantitative estimate of drug-likeness (QED) is 0.459. The number of anilines is 1. The highest BCUT2D eigenvalue weighted by atomic mass is 35.5. The Balaban J connectivity index is 1.61. The van der Waals surface area contributed by atoms with E-state index in [9.17, 15) is 14.9 Å². The smallest absolute Gasteiger partial charge is 0.237 e. The van der Waals surface area contributed by atoms with Gasteiger partial charge in [0, 0.05) is 32.6 Å². The summed E-state index contributed by atoms with van der Waals surface area (Å²) in [6, 6.07) is 11.3. The Labute approximate surface area is 172 Å². The van der Waals surface area contributed by atoms with Crippen molar-refractivity contribution in [2.75, 3.05) is 5.32 Å². The monoisotopic (exact) mass is 422 g/mol. The molecule has 2 atom stereocenters. The zero-order chi connectivity index (χ0) is 20.3. The lowest BCUT2D eigenvalue weighted by atomic mass is 9.98. The van der Waals surface area contributed by atoms with Crippen LogP contribution >= 0.6 is 23.2 Å². The Morgan fingerprint density at radius 2 is 1.89 bits per heavy atom. The van der Waals surface area contributed by atoms with Crippen molar-refractivity contribution >= 4 is 34.8 Å². The van der Waals surface area contributed by atoms with Gasteiger partial charge in [-0.3, -0.25) is 14.9 Å². The van der Waals surface area contributed by atoms with Crippen molar-refractivity contribution in [3.8, 4) is 5.75 Å². The van der Waals surface area contributed by atoms with E-state index in [1.165, 1.54) is 0 Å². The summed E-state index contributed by atoms with van der Waals surface area (Å²) in [4.78, 5) is 23.3. The molecule has 1 fully saturated rings. The van der Waals surface area contributed by atoms with Crippen LogP contribution in [0.3, 0.4) is 0 Å². The number of hydrogen-bond acceptors (Lipinski definition) is 4. The van der Waals surface area contributed by atoms with Crippen molar-refractivity contribution in [2.45, 2.75) is 38.8 Å². The second kappa shape index (κ2) is 8.37. The highest BCUT2D eigenvalue weighted by Gasteiger charge is 2.68. The molecule has 28 heavy (non-hydrogen) atoms. The first kappa shape index (κ1) is 20.4. The fourth-order valence-corrected chi connectivity index (χ4v) is 3.86. The topological polar surface area (TPSA) is 81.5 Å². The number of nitro groups is 1. The summed E-state index contributed by atoms with van der Waals surface area (Å²) in [5.74, 6) is 0.291. The van der Waals surface area contributed by atoms with Crippen LogP contribution in [0.25, 0.3) is 0 Å². The van der Waals surface area contributed by atoms with Gasteiger partial charge in [0.15, 0.2) is 0 Å². The van der Waals surface area contributed by atoms with Gasteiger partial charge in [-0.2, -0.15) is 0 Å². The maximum absolute atomic E-state index is 12.6. The number of carbonyl (C=O) groups excluding carboxylic acids is 1. The summed E-state index contributed by atoms with van der Waals surface area (Å²) in [5, 5.41) is 14.9. The molecule has 2 aromatic rings. The minimum absolute atomic E-state index is 0.217. The molecule has 0 aromatic heterocycles. The first-order chi connectivity index (χ1) is 13.4. The molecule has 1 N–H and O–H groups in total. The molecule has 0 aliphatic heterocycles. The predicted octanol–water partition coefficient (Wildman–Crippen LogP) is 5.35. The molecule has 1 amide bonds. The van der Waals surface area contributed by atoms with Gasteiger partial charge >= 0.3 is 0 Å². The second-order valence-corrected chi connectivity index (χ2v) is 7.69. The molecule has 0 spiro atoms. The minimum atomic E-state index is -0.895. The molecule has 1 aliphatic rings. The number of nitrogens with zero attached hydrogens (tertiary/aromatic N) is 1. The molecule has 0 bridgehead atoms. The van der Waals surface area contributed by atoms with E-state index in [0.717, 1.165) is 6.42 Å². The summed E-state index contributed by atoms with van der Waals surface area (Å²) in [7, 11) is 0. The van der Waals surface area contributed by atoms with Gasteiger partial charge in [-0.05, 0) is 42.8 Å². The highest BCUT2D eigenvalue weighted by Crippen LogP contribution is 2.52. The molecule has 2 aromatic carbocycles. The minimum Gasteiger partial charge on any atom is -0.489 e. The van der Waals surface area contributed by atoms with Crippen LogP contribution in [0.2, 0.25) is 10.0 Å². The van der Waals surface area contributed by atoms with Gasteiger partial charge in [-0.15, -0.1) is 0 Å². The summed E-state index contributed by atoms with van der Waals surface area (Å²) in [5.41, 5.74) is 0.371. The summed E-state index contributed by atoms with van der Waals surface area (Å²) in [6.45, 7) is 2.13. The SMILES string of the molecule is CCCC1(C(=O)Nc2ccc(OCc3c(Cl)cccc3Cl)cc2)CC1[N+](=O)[O-]. The Morgan fingerprint density at radius 3 is 2.43 bits per heavy atom. The molecular formula is C20H20Cl2N2O4. The van der Waals surface area contributed by atoms with Crippen LogP contribution in [0.1, 0.15) is 31.7 Å². The third-order valence-electron chi connectivity index (χ3n) is 5.00. The molecule has 1 saturated carbocycles. The first-order valence-electron chi connectivity index (χ1n) is 8.98. The van der Waals surface area contributed by atoms with Crippen molar-refractivity contribution in [1.82, 2.24) is 0 Å². The average Bonchev–Trinajstić information content (AvgIpc) is 3.39. The molecule has 0 radical (unpaired) electrons. The first-order valence-corrected chi connectivity index (χ1v) is 9.73. The van der Waals surface area contributed by atoms with Crippen molar-refractivity contribution in [3.05, 3.63) is 68.2 Å². The lowest BCUT2D eigenvalue weighted by Crippen LogP contribution is -2.29. The third-order valence-corrected chi connectivity index (χ3v) is 5.70. The number of benzene rings is 2. The standard InChI is InChI=1S/C20H20Cl2N2O4/c1-2-10-20(11-18(20)24(26)27)19(25)23-13-6-8-14(9-7-13)28-12-15-16(21)4-3-5-17(15)22/h3-9,18H,2,10-12H2,1H3,(H,23,25). The Hall–Kier alpha value is -2.31. The number of amides is 1. The van der Waals surface area contributed by atoms with E-state index in [-0.39, 0.29) is 17.4 Å². The fourth-order valence-electron chi connectivity index (χ4n) is 3.35. The molecule has 6 nitrogen and oxygen atoms in total. The average molecular weight is 423 g/mol. The summed E-state index contributed by atoms with van der Waals surface area (Å²) >= 11 is 12.3. The Morgan fingerprint density at radius 1 is 1.25 bits per heavy atom. The largest absolute Gasteiger partial charge is 0.489 e. The normalized spacial score (nSPS) is 20.5. The number of carbonyl (C=O) groups is 1. The Kier molecular flexibility index (Phi) is 6.10. The number of nitrogens with one attached hydrogen (secondary N) is 1. The highest BCUT2D eigenvalue weighted by molar-refractivity contribution is 6.35. The number of rotatable bonds is 8. The lowest BCUT2D eigenvalue weighted by Gasteiger charge is -2.14. The van der Waals surface area contributed by atoms with Crippen molar-refractivity contribution in [3.63, 3.8) is 0 Å². The predicted molar refractivity (Wildman–Crippen MR) is 109 cm³/mol. The van der Waals surface area contributed by atoms with Gasteiger partial charge in [0.2, 0.25) is 11.9 Å². The van der Waals surface area contributed by atoms with Gasteiger partial charge in [0.25, 0.3) is 0 Å². The van der Waals surface area contributed by atoms with Crippen LogP contribution in [0.5, 0.6) is 5.75 Å². The molecule has 2 unspecified atom stereocenters. The summed E-state index contributed by atoms with van der Waals surface area (Å²) < 4.78 is 5.71. The van der Waals surface area contributed by atoms with Gasteiger partial charge in [-0.25, -0.2) is 0 Å². The van der Waals surface area contributed by atoms with Crippen LogP contribution in [-0.2, 0) is 11.4 Å².